The summed E-state index contributed by atoms with van der Waals surface area (Å²) in [5, 5.41) is 0. The van der Waals surface area contributed by atoms with Gasteiger partial charge in [-0.05, 0) is 30.5 Å². The highest BCUT2D eigenvalue weighted by molar-refractivity contribution is 6.52. The molecule has 0 unspecified atom stereocenters. The fourth-order valence-corrected chi connectivity index (χ4v) is 2.29. The number of unbranched alkanes of at least 4 members (excludes halogenated alkanes) is 1. The molecular formula is C16H21NO3. The topological polar surface area (TPSA) is 46.6 Å². The van der Waals surface area contributed by atoms with Crippen LogP contribution in [0.1, 0.15) is 42.6 Å². The molecule has 4 nitrogen and oxygen atoms in total. The van der Waals surface area contributed by atoms with Crippen LogP contribution in [0.5, 0.6) is 0 Å². The summed E-state index contributed by atoms with van der Waals surface area (Å²) in [4.78, 5) is 25.5. The Hall–Kier alpha value is -1.68. The Morgan fingerprint density at radius 3 is 2.65 bits per heavy atom. The predicted octanol–water partition coefficient (Wildman–Crippen LogP) is 2.60. The van der Waals surface area contributed by atoms with E-state index in [1.807, 2.05) is 25.1 Å². The summed E-state index contributed by atoms with van der Waals surface area (Å²) < 4.78 is 5.47. The Morgan fingerprint density at radius 1 is 1.15 bits per heavy atom. The standard InChI is InChI=1S/C16H21NO3/c1-3-5-9-20-10-8-17-14-7-6-12(4-2)11-13(14)15(18)16(17)19/h6-7,11H,3-5,8-10H2,1-2H3. The highest BCUT2D eigenvalue weighted by Crippen LogP contribution is 2.29. The molecule has 0 saturated heterocycles. The lowest BCUT2D eigenvalue weighted by molar-refractivity contribution is -0.114. The summed E-state index contributed by atoms with van der Waals surface area (Å²) in [6, 6.07) is 5.66. The summed E-state index contributed by atoms with van der Waals surface area (Å²) in [6.45, 7) is 5.74. The van der Waals surface area contributed by atoms with Gasteiger partial charge in [-0.25, -0.2) is 0 Å². The van der Waals surface area contributed by atoms with E-state index >= 15 is 0 Å². The molecular weight excluding hydrogens is 254 g/mol. The lowest BCUT2D eigenvalue weighted by Gasteiger charge is -2.16. The fraction of sp³-hybridized carbons (Fsp3) is 0.500. The van der Waals surface area contributed by atoms with Crippen molar-refractivity contribution in [1.29, 1.82) is 0 Å². The first kappa shape index (κ1) is 14.7. The van der Waals surface area contributed by atoms with Crippen LogP contribution in [-0.2, 0) is 16.0 Å². The molecule has 0 saturated carbocycles. The Balaban J connectivity index is 2.05. The van der Waals surface area contributed by atoms with Gasteiger partial charge in [0.15, 0.2) is 0 Å². The first-order valence-electron chi connectivity index (χ1n) is 7.25. The van der Waals surface area contributed by atoms with Crippen molar-refractivity contribution in [3.63, 3.8) is 0 Å². The third-order valence-corrected chi connectivity index (χ3v) is 3.55. The van der Waals surface area contributed by atoms with E-state index in [4.69, 9.17) is 4.74 Å². The monoisotopic (exact) mass is 275 g/mol. The maximum absolute atomic E-state index is 12.0. The van der Waals surface area contributed by atoms with Crippen molar-refractivity contribution in [3.8, 4) is 0 Å². The van der Waals surface area contributed by atoms with Crippen LogP contribution in [0.15, 0.2) is 18.2 Å². The number of Topliss-reactive ketones (excluding diaryl/α,β-unsaturated/α-hetero) is 1. The van der Waals surface area contributed by atoms with Crippen molar-refractivity contribution in [3.05, 3.63) is 29.3 Å². The van der Waals surface area contributed by atoms with Crippen LogP contribution >= 0.6 is 0 Å². The molecule has 0 fully saturated rings. The molecule has 4 heteroatoms. The van der Waals surface area contributed by atoms with Crippen molar-refractivity contribution in [2.75, 3.05) is 24.7 Å². The van der Waals surface area contributed by atoms with Gasteiger partial charge in [-0.2, -0.15) is 0 Å². The lowest BCUT2D eigenvalue weighted by atomic mass is 10.1. The second-order valence-electron chi connectivity index (χ2n) is 4.96. The van der Waals surface area contributed by atoms with Gasteiger partial charge in [-0.1, -0.05) is 26.3 Å². The molecule has 0 atom stereocenters. The van der Waals surface area contributed by atoms with Crippen LogP contribution in [0.3, 0.4) is 0 Å². The number of hydrogen-bond donors (Lipinski definition) is 0. The smallest absolute Gasteiger partial charge is 0.299 e. The molecule has 0 aromatic heterocycles. The number of nitrogens with zero attached hydrogens (tertiary/aromatic N) is 1. The molecule has 108 valence electrons. The average molecular weight is 275 g/mol. The Labute approximate surface area is 119 Å². The number of hydrogen-bond acceptors (Lipinski definition) is 3. The van der Waals surface area contributed by atoms with Crippen LogP contribution in [0.25, 0.3) is 0 Å². The largest absolute Gasteiger partial charge is 0.380 e. The number of benzene rings is 1. The summed E-state index contributed by atoms with van der Waals surface area (Å²) in [5.74, 6) is -0.837. The van der Waals surface area contributed by atoms with Crippen molar-refractivity contribution >= 4 is 17.4 Å². The molecule has 0 bridgehead atoms. The van der Waals surface area contributed by atoms with Gasteiger partial charge >= 0.3 is 0 Å². The zero-order valence-corrected chi connectivity index (χ0v) is 12.1. The van der Waals surface area contributed by atoms with Gasteiger partial charge in [0.25, 0.3) is 11.7 Å². The molecule has 1 amide bonds. The second kappa shape index (κ2) is 6.66. The summed E-state index contributed by atoms with van der Waals surface area (Å²) in [7, 11) is 0. The lowest BCUT2D eigenvalue weighted by Crippen LogP contribution is -2.32. The Kier molecular flexibility index (Phi) is 4.90. The minimum absolute atomic E-state index is 0.399. The third kappa shape index (κ3) is 2.90. The van der Waals surface area contributed by atoms with Gasteiger partial charge in [-0.3, -0.25) is 9.59 Å². The van der Waals surface area contributed by atoms with E-state index in [9.17, 15) is 9.59 Å². The van der Waals surface area contributed by atoms with E-state index in [1.54, 1.807) is 0 Å². The molecule has 0 spiro atoms. The maximum atomic E-state index is 12.0. The molecule has 1 aliphatic rings. The van der Waals surface area contributed by atoms with Crippen LogP contribution < -0.4 is 4.90 Å². The molecule has 0 N–H and O–H groups in total. The minimum Gasteiger partial charge on any atom is -0.380 e. The second-order valence-corrected chi connectivity index (χ2v) is 4.96. The summed E-state index contributed by atoms with van der Waals surface area (Å²) in [5.41, 5.74) is 2.32. The molecule has 1 heterocycles. The number of carbonyl (C=O) groups excluding carboxylic acids is 2. The zero-order valence-electron chi connectivity index (χ0n) is 12.1. The summed E-state index contributed by atoms with van der Waals surface area (Å²) >= 11 is 0. The number of amides is 1. The SMILES string of the molecule is CCCCOCCN1C(=O)C(=O)c2cc(CC)ccc21. The summed E-state index contributed by atoms with van der Waals surface area (Å²) in [6.07, 6.45) is 2.96. The third-order valence-electron chi connectivity index (χ3n) is 3.55. The molecule has 1 aromatic rings. The molecule has 2 rings (SSSR count). The number of carbonyl (C=O) groups is 2. The fourth-order valence-electron chi connectivity index (χ4n) is 2.29. The van der Waals surface area contributed by atoms with Crippen molar-refractivity contribution in [1.82, 2.24) is 0 Å². The van der Waals surface area contributed by atoms with E-state index in [2.05, 4.69) is 6.92 Å². The minimum atomic E-state index is -0.438. The number of ether oxygens (including phenoxy) is 1. The highest BCUT2D eigenvalue weighted by Gasteiger charge is 2.35. The van der Waals surface area contributed by atoms with Gasteiger partial charge < -0.3 is 9.64 Å². The van der Waals surface area contributed by atoms with Gasteiger partial charge in [-0.15, -0.1) is 0 Å². The molecule has 1 aliphatic heterocycles. The normalized spacial score (nSPS) is 14.0. The average Bonchev–Trinajstić information content (AvgIpc) is 2.71. The molecule has 0 radical (unpaired) electrons. The number of ketones is 1. The van der Waals surface area contributed by atoms with E-state index in [1.165, 1.54) is 4.90 Å². The number of anilines is 1. The van der Waals surface area contributed by atoms with Crippen LogP contribution in [0, 0.1) is 0 Å². The van der Waals surface area contributed by atoms with Crippen LogP contribution in [0.2, 0.25) is 0 Å². The van der Waals surface area contributed by atoms with Crippen molar-refractivity contribution < 1.29 is 14.3 Å². The van der Waals surface area contributed by atoms with E-state index < -0.39 is 11.7 Å². The Bertz CT molecular complexity index is 510. The zero-order chi connectivity index (χ0) is 14.5. The van der Waals surface area contributed by atoms with Gasteiger partial charge in [0.05, 0.1) is 17.9 Å². The van der Waals surface area contributed by atoms with E-state index in [0.29, 0.717) is 25.3 Å². The molecule has 0 aliphatic carbocycles. The van der Waals surface area contributed by atoms with Gasteiger partial charge in [0.2, 0.25) is 0 Å². The van der Waals surface area contributed by atoms with E-state index in [0.717, 1.165) is 30.5 Å². The Morgan fingerprint density at radius 2 is 1.95 bits per heavy atom. The van der Waals surface area contributed by atoms with Crippen LogP contribution in [-0.4, -0.2) is 31.4 Å². The number of fused-ring (bicyclic) bond motifs is 1. The van der Waals surface area contributed by atoms with Crippen LogP contribution in [0.4, 0.5) is 5.69 Å². The first-order chi connectivity index (χ1) is 9.69. The van der Waals surface area contributed by atoms with E-state index in [-0.39, 0.29) is 0 Å². The van der Waals surface area contributed by atoms with Gasteiger partial charge in [0, 0.05) is 13.2 Å². The van der Waals surface area contributed by atoms with Crippen molar-refractivity contribution in [2.24, 2.45) is 0 Å². The predicted molar refractivity (Wildman–Crippen MR) is 78.2 cm³/mol. The molecule has 20 heavy (non-hydrogen) atoms. The maximum Gasteiger partial charge on any atom is 0.299 e. The number of rotatable bonds is 7. The number of aryl methyl sites for hydroxylation is 1. The first-order valence-corrected chi connectivity index (χ1v) is 7.25. The highest BCUT2D eigenvalue weighted by atomic mass is 16.5. The molecule has 1 aromatic carbocycles. The quantitative estimate of drug-likeness (QED) is 0.567. The van der Waals surface area contributed by atoms with Crippen molar-refractivity contribution in [2.45, 2.75) is 33.1 Å². The van der Waals surface area contributed by atoms with Gasteiger partial charge in [0.1, 0.15) is 0 Å².